The van der Waals surface area contributed by atoms with Crippen molar-refractivity contribution in [3.8, 4) is 11.3 Å². The van der Waals surface area contributed by atoms with E-state index in [1.54, 1.807) is 12.1 Å². The highest BCUT2D eigenvalue weighted by atomic mass is 35.5. The maximum absolute atomic E-state index is 13.2. The number of halogens is 4. The van der Waals surface area contributed by atoms with Crippen LogP contribution in [-0.2, 0) is 6.18 Å². The van der Waals surface area contributed by atoms with Crippen LogP contribution < -0.4 is 0 Å². The Bertz CT molecular complexity index is 807. The van der Waals surface area contributed by atoms with Gasteiger partial charge in [-0.15, -0.1) is 0 Å². The van der Waals surface area contributed by atoms with Gasteiger partial charge < -0.3 is 0 Å². The van der Waals surface area contributed by atoms with E-state index in [0.717, 1.165) is 17.8 Å². The van der Waals surface area contributed by atoms with Gasteiger partial charge in [-0.25, -0.2) is 9.50 Å². The quantitative estimate of drug-likeness (QED) is 0.667. The molecule has 0 N–H and O–H groups in total. The predicted octanol–water partition coefficient (Wildman–Crippen LogP) is 4.38. The molecule has 2 aromatic heterocycles. The highest BCUT2D eigenvalue weighted by molar-refractivity contribution is 6.33. The molecule has 0 unspecified atom stereocenters. The Hall–Kier alpha value is -2.08. The van der Waals surface area contributed by atoms with Gasteiger partial charge in [0.25, 0.3) is 0 Å². The zero-order valence-electron chi connectivity index (χ0n) is 10.8. The third-order valence-electron chi connectivity index (χ3n) is 3.07. The maximum atomic E-state index is 13.2. The molecule has 21 heavy (non-hydrogen) atoms. The van der Waals surface area contributed by atoms with Crippen molar-refractivity contribution in [2.45, 2.75) is 13.1 Å². The molecule has 3 nitrogen and oxygen atoms in total. The van der Waals surface area contributed by atoms with Gasteiger partial charge >= 0.3 is 6.18 Å². The van der Waals surface area contributed by atoms with Gasteiger partial charge in [-0.3, -0.25) is 0 Å². The van der Waals surface area contributed by atoms with Gasteiger partial charge in [-0.2, -0.15) is 18.3 Å². The van der Waals surface area contributed by atoms with E-state index in [4.69, 9.17) is 11.6 Å². The van der Waals surface area contributed by atoms with Gasteiger partial charge in [0.2, 0.25) is 0 Å². The standard InChI is InChI=1S/C14H9ClF3N3/c1-8-2-4-9(5-3-8)11-6-12(14(16,17)18)21-13(20-11)10(15)7-19-21/h2-7H,1H3. The molecule has 0 saturated heterocycles. The Morgan fingerprint density at radius 3 is 2.43 bits per heavy atom. The van der Waals surface area contributed by atoms with Crippen LogP contribution in [0.15, 0.2) is 36.5 Å². The van der Waals surface area contributed by atoms with Crippen LogP contribution in [0.5, 0.6) is 0 Å². The number of benzene rings is 1. The van der Waals surface area contributed by atoms with E-state index in [1.807, 2.05) is 19.1 Å². The molecule has 0 saturated carbocycles. The minimum absolute atomic E-state index is 0.0120. The fourth-order valence-corrected chi connectivity index (χ4v) is 2.18. The van der Waals surface area contributed by atoms with E-state index >= 15 is 0 Å². The van der Waals surface area contributed by atoms with Gasteiger partial charge in [0.15, 0.2) is 11.3 Å². The first-order valence-corrected chi connectivity index (χ1v) is 6.42. The minimum Gasteiger partial charge on any atom is -0.227 e. The Morgan fingerprint density at radius 2 is 1.81 bits per heavy atom. The lowest BCUT2D eigenvalue weighted by atomic mass is 10.1. The second-order valence-corrected chi connectivity index (χ2v) is 5.03. The van der Waals surface area contributed by atoms with Crippen LogP contribution in [0.2, 0.25) is 5.02 Å². The third kappa shape index (κ3) is 2.47. The Balaban J connectivity index is 2.29. The molecule has 3 aromatic rings. The molecule has 3 rings (SSSR count). The summed E-state index contributed by atoms with van der Waals surface area (Å²) in [5, 5.41) is 3.71. The van der Waals surface area contributed by atoms with E-state index in [2.05, 4.69) is 10.1 Å². The smallest absolute Gasteiger partial charge is 0.227 e. The summed E-state index contributed by atoms with van der Waals surface area (Å²) in [4.78, 5) is 4.18. The maximum Gasteiger partial charge on any atom is 0.433 e. The Kier molecular flexibility index (Phi) is 3.13. The first-order valence-electron chi connectivity index (χ1n) is 6.05. The molecule has 0 fully saturated rings. The number of rotatable bonds is 1. The lowest BCUT2D eigenvalue weighted by molar-refractivity contribution is -0.142. The summed E-state index contributed by atoms with van der Waals surface area (Å²) < 4.78 is 40.2. The molecule has 0 atom stereocenters. The van der Waals surface area contributed by atoms with Crippen molar-refractivity contribution >= 4 is 17.2 Å². The van der Waals surface area contributed by atoms with E-state index in [0.29, 0.717) is 10.1 Å². The summed E-state index contributed by atoms with van der Waals surface area (Å²) in [5.41, 5.74) is 0.887. The average molecular weight is 312 g/mol. The van der Waals surface area contributed by atoms with Crippen molar-refractivity contribution in [1.29, 1.82) is 0 Å². The largest absolute Gasteiger partial charge is 0.433 e. The number of hydrogen-bond donors (Lipinski definition) is 0. The van der Waals surface area contributed by atoms with E-state index in [9.17, 15) is 13.2 Å². The SMILES string of the molecule is Cc1ccc(-c2cc(C(F)(F)F)n3ncc(Cl)c3n2)cc1. The lowest BCUT2D eigenvalue weighted by Crippen LogP contribution is -2.13. The van der Waals surface area contributed by atoms with Gasteiger partial charge in [0.05, 0.1) is 11.9 Å². The van der Waals surface area contributed by atoms with Crippen LogP contribution in [0.3, 0.4) is 0 Å². The fraction of sp³-hybridized carbons (Fsp3) is 0.143. The summed E-state index contributed by atoms with van der Waals surface area (Å²) >= 11 is 5.87. The molecule has 0 aliphatic rings. The van der Waals surface area contributed by atoms with E-state index in [1.165, 1.54) is 0 Å². The Morgan fingerprint density at radius 1 is 1.14 bits per heavy atom. The predicted molar refractivity (Wildman–Crippen MR) is 73.2 cm³/mol. The average Bonchev–Trinajstić information content (AvgIpc) is 2.79. The molecule has 0 radical (unpaired) electrons. The van der Waals surface area contributed by atoms with Crippen molar-refractivity contribution in [2.24, 2.45) is 0 Å². The molecular formula is C14H9ClF3N3. The summed E-state index contributed by atoms with van der Waals surface area (Å²) in [6.07, 6.45) is -3.39. The second-order valence-electron chi connectivity index (χ2n) is 4.62. The molecule has 0 bridgehead atoms. The van der Waals surface area contributed by atoms with Crippen LogP contribution in [0.1, 0.15) is 11.3 Å². The van der Waals surface area contributed by atoms with Crippen molar-refractivity contribution in [3.05, 3.63) is 52.8 Å². The number of nitrogens with zero attached hydrogens (tertiary/aromatic N) is 3. The molecule has 0 aliphatic heterocycles. The molecule has 0 aliphatic carbocycles. The van der Waals surface area contributed by atoms with Crippen molar-refractivity contribution < 1.29 is 13.2 Å². The highest BCUT2D eigenvalue weighted by Gasteiger charge is 2.35. The molecule has 2 heterocycles. The number of fused-ring (bicyclic) bond motifs is 1. The monoisotopic (exact) mass is 311 g/mol. The molecule has 7 heteroatoms. The second kappa shape index (κ2) is 4.73. The molecule has 0 spiro atoms. The van der Waals surface area contributed by atoms with Gasteiger partial charge in [-0.05, 0) is 13.0 Å². The number of aromatic nitrogens is 3. The number of aryl methyl sites for hydroxylation is 1. The van der Waals surface area contributed by atoms with Crippen LogP contribution in [0.25, 0.3) is 16.9 Å². The van der Waals surface area contributed by atoms with Crippen molar-refractivity contribution in [1.82, 2.24) is 14.6 Å². The summed E-state index contributed by atoms with van der Waals surface area (Å²) in [7, 11) is 0. The highest BCUT2D eigenvalue weighted by Crippen LogP contribution is 2.33. The third-order valence-corrected chi connectivity index (χ3v) is 3.33. The van der Waals surface area contributed by atoms with Crippen molar-refractivity contribution in [2.75, 3.05) is 0 Å². The normalized spacial score (nSPS) is 12.0. The van der Waals surface area contributed by atoms with Gasteiger partial charge in [0, 0.05) is 5.56 Å². The van der Waals surface area contributed by atoms with Crippen LogP contribution in [-0.4, -0.2) is 14.6 Å². The first-order chi connectivity index (χ1) is 9.86. The minimum atomic E-state index is -4.55. The molecular weight excluding hydrogens is 303 g/mol. The summed E-state index contributed by atoms with van der Waals surface area (Å²) in [6, 6.07) is 8.04. The van der Waals surface area contributed by atoms with Gasteiger partial charge in [-0.1, -0.05) is 41.4 Å². The molecule has 1 aromatic carbocycles. The zero-order chi connectivity index (χ0) is 15.2. The molecule has 108 valence electrons. The van der Waals surface area contributed by atoms with Crippen LogP contribution in [0, 0.1) is 6.92 Å². The number of hydrogen-bond acceptors (Lipinski definition) is 2. The van der Waals surface area contributed by atoms with E-state index < -0.39 is 11.9 Å². The summed E-state index contributed by atoms with van der Waals surface area (Å²) in [6.45, 7) is 1.90. The number of alkyl halides is 3. The van der Waals surface area contributed by atoms with Crippen LogP contribution >= 0.6 is 11.6 Å². The van der Waals surface area contributed by atoms with Crippen LogP contribution in [0.4, 0.5) is 13.2 Å². The summed E-state index contributed by atoms with van der Waals surface area (Å²) in [5.74, 6) is 0. The van der Waals surface area contributed by atoms with E-state index in [-0.39, 0.29) is 16.4 Å². The zero-order valence-corrected chi connectivity index (χ0v) is 11.6. The topological polar surface area (TPSA) is 30.2 Å². The Labute approximate surface area is 123 Å². The lowest BCUT2D eigenvalue weighted by Gasteiger charge is -2.11. The van der Waals surface area contributed by atoms with Gasteiger partial charge in [0.1, 0.15) is 5.02 Å². The molecule has 0 amide bonds. The fourth-order valence-electron chi connectivity index (χ4n) is 2.01. The first kappa shape index (κ1) is 13.9. The van der Waals surface area contributed by atoms with Crippen molar-refractivity contribution in [3.63, 3.8) is 0 Å².